The molecule has 3 rings (SSSR count). The molecule has 5 heteroatoms. The molecule has 0 amide bonds. The minimum atomic E-state index is -0.0749. The van der Waals surface area contributed by atoms with Gasteiger partial charge in [0.05, 0.1) is 0 Å². The number of thiocarbonyl (C=S) groups is 1. The van der Waals surface area contributed by atoms with Crippen LogP contribution in [-0.4, -0.2) is 4.99 Å². The lowest BCUT2D eigenvalue weighted by atomic mass is 9.88. The predicted octanol–water partition coefficient (Wildman–Crippen LogP) is 4.14. The van der Waals surface area contributed by atoms with Crippen LogP contribution in [0.1, 0.15) is 36.8 Å². The van der Waals surface area contributed by atoms with Gasteiger partial charge >= 0.3 is 0 Å². The van der Waals surface area contributed by atoms with Crippen LogP contribution >= 0.6 is 23.6 Å². The van der Waals surface area contributed by atoms with E-state index in [1.165, 1.54) is 16.9 Å². The predicted molar refractivity (Wildman–Crippen MR) is 119 cm³/mol. The van der Waals surface area contributed by atoms with Crippen molar-refractivity contribution in [3.63, 3.8) is 0 Å². The maximum absolute atomic E-state index is 13.2. The summed E-state index contributed by atoms with van der Waals surface area (Å²) in [7, 11) is 0. The Kier molecular flexibility index (Phi) is 6.27. The highest BCUT2D eigenvalue weighted by atomic mass is 32.1. The van der Waals surface area contributed by atoms with Crippen LogP contribution in [0.2, 0.25) is 0 Å². The lowest BCUT2D eigenvalue weighted by molar-refractivity contribution is -0.578. The average Bonchev–Trinajstić information content (AvgIpc) is 3.22. The normalized spacial score (nSPS) is 12.4. The Labute approximate surface area is 176 Å². The van der Waals surface area contributed by atoms with Gasteiger partial charge in [-0.05, 0) is 33.7 Å². The first-order valence-electron chi connectivity index (χ1n) is 9.16. The van der Waals surface area contributed by atoms with E-state index in [4.69, 9.17) is 12.2 Å². The highest BCUT2D eigenvalue weighted by Crippen LogP contribution is 2.22. The number of nitrogens with zero attached hydrogens (tertiary/aromatic N) is 1. The molecule has 0 aliphatic heterocycles. The Balaban J connectivity index is 1.94. The van der Waals surface area contributed by atoms with E-state index >= 15 is 0 Å². The van der Waals surface area contributed by atoms with Gasteiger partial charge in [-0.3, -0.25) is 0 Å². The molecule has 0 aliphatic rings. The first-order valence-corrected chi connectivity index (χ1v) is 10.4. The molecule has 0 aliphatic carbocycles. The second kappa shape index (κ2) is 8.67. The number of thiophene rings is 1. The van der Waals surface area contributed by atoms with Crippen LogP contribution in [0.4, 0.5) is 0 Å². The van der Waals surface area contributed by atoms with E-state index in [0.717, 1.165) is 5.56 Å². The van der Waals surface area contributed by atoms with Gasteiger partial charge in [0, 0.05) is 23.6 Å². The van der Waals surface area contributed by atoms with Crippen LogP contribution in [0.3, 0.4) is 0 Å². The van der Waals surface area contributed by atoms with Crippen molar-refractivity contribution >= 4 is 40.0 Å². The molecule has 0 fully saturated rings. The molecule has 28 heavy (non-hydrogen) atoms. The number of nitrogens with one attached hydrogen (secondary N) is 1. The number of pyridine rings is 1. The maximum atomic E-state index is 13.2. The minimum Gasteiger partial charge on any atom is -0.867 e. The van der Waals surface area contributed by atoms with E-state index in [-0.39, 0.29) is 11.2 Å². The van der Waals surface area contributed by atoms with Gasteiger partial charge in [-0.1, -0.05) is 69.4 Å². The number of rotatable bonds is 5. The van der Waals surface area contributed by atoms with Crippen molar-refractivity contribution in [2.45, 2.75) is 32.7 Å². The molecule has 0 atom stereocenters. The van der Waals surface area contributed by atoms with Gasteiger partial charge in [-0.25, -0.2) is 0 Å². The summed E-state index contributed by atoms with van der Waals surface area (Å²) in [5.74, 6) is -0.0749. The van der Waals surface area contributed by atoms with Crippen LogP contribution in [0.5, 0.6) is 0 Å². The standard InChI is InChI=1S/C23H24N2OS2/c1-23(2,3)18-11-13-25(14-12-18)20(21(26)19-10-7-15-28-19)22(27)24-16-17-8-5-4-6-9-17/h4-15H,16H2,1-3H3,(H-,24,26,27). The van der Waals surface area contributed by atoms with Gasteiger partial charge in [0.1, 0.15) is 0 Å². The van der Waals surface area contributed by atoms with Crippen molar-refractivity contribution in [3.8, 4) is 0 Å². The zero-order chi connectivity index (χ0) is 20.1. The highest BCUT2D eigenvalue weighted by molar-refractivity contribution is 7.81. The van der Waals surface area contributed by atoms with E-state index in [1.54, 1.807) is 0 Å². The molecular weight excluding hydrogens is 384 g/mol. The van der Waals surface area contributed by atoms with E-state index < -0.39 is 0 Å². The third kappa shape index (κ3) is 4.86. The highest BCUT2D eigenvalue weighted by Gasteiger charge is 2.21. The fourth-order valence-corrected chi connectivity index (χ4v) is 3.73. The second-order valence-corrected chi connectivity index (χ2v) is 8.92. The van der Waals surface area contributed by atoms with E-state index in [0.29, 0.717) is 22.1 Å². The largest absolute Gasteiger partial charge is 0.867 e. The first-order chi connectivity index (χ1) is 13.4. The SMILES string of the molecule is CC(C)(C)c1cc[n+](C(C(=S)NCc2ccccc2)=C([O-])c2cccs2)cc1. The fourth-order valence-electron chi connectivity index (χ4n) is 2.80. The second-order valence-electron chi connectivity index (χ2n) is 7.57. The summed E-state index contributed by atoms with van der Waals surface area (Å²) >= 11 is 7.05. The van der Waals surface area contributed by atoms with Gasteiger partial charge in [0.15, 0.2) is 17.4 Å². The third-order valence-electron chi connectivity index (χ3n) is 4.42. The number of benzene rings is 1. The molecular formula is C23H24N2OS2. The van der Waals surface area contributed by atoms with Gasteiger partial charge in [-0.2, -0.15) is 4.57 Å². The van der Waals surface area contributed by atoms with Crippen LogP contribution in [-0.2, 0) is 12.0 Å². The molecule has 0 radical (unpaired) electrons. The van der Waals surface area contributed by atoms with Gasteiger partial charge in [-0.15, -0.1) is 11.3 Å². The van der Waals surface area contributed by atoms with Crippen molar-refractivity contribution < 1.29 is 9.67 Å². The summed E-state index contributed by atoms with van der Waals surface area (Å²) in [6.45, 7) is 7.07. The lowest BCUT2D eigenvalue weighted by Crippen LogP contribution is -2.42. The van der Waals surface area contributed by atoms with Crippen molar-refractivity contribution in [2.75, 3.05) is 0 Å². The molecule has 0 saturated carbocycles. The Hall–Kier alpha value is -2.50. The van der Waals surface area contributed by atoms with Crippen LogP contribution in [0, 0.1) is 0 Å². The number of hydrogen-bond acceptors (Lipinski definition) is 3. The molecule has 0 spiro atoms. The Morgan fingerprint density at radius 3 is 2.29 bits per heavy atom. The minimum absolute atomic E-state index is 0.0447. The Bertz CT molecular complexity index is 954. The molecule has 144 valence electrons. The van der Waals surface area contributed by atoms with E-state index in [2.05, 4.69) is 26.1 Å². The van der Waals surface area contributed by atoms with Gasteiger partial charge < -0.3 is 10.4 Å². The quantitative estimate of drug-likeness (QED) is 0.299. The van der Waals surface area contributed by atoms with Gasteiger partial charge in [0.2, 0.25) is 5.70 Å². The molecule has 3 nitrogen and oxygen atoms in total. The molecule has 0 bridgehead atoms. The van der Waals surface area contributed by atoms with Gasteiger partial charge in [0.25, 0.3) is 0 Å². The maximum Gasteiger partial charge on any atom is 0.238 e. The van der Waals surface area contributed by atoms with Crippen molar-refractivity contribution in [3.05, 3.63) is 88.4 Å². The average molecular weight is 409 g/mol. The zero-order valence-electron chi connectivity index (χ0n) is 16.3. The van der Waals surface area contributed by atoms with E-state index in [1.807, 2.05) is 76.9 Å². The van der Waals surface area contributed by atoms with Crippen molar-refractivity contribution in [2.24, 2.45) is 0 Å². The van der Waals surface area contributed by atoms with Crippen LogP contribution < -0.4 is 15.0 Å². The van der Waals surface area contributed by atoms with Crippen LogP contribution in [0.25, 0.3) is 11.5 Å². The molecule has 3 aromatic rings. The fraction of sp³-hybridized carbons (Fsp3) is 0.217. The topological polar surface area (TPSA) is 39.0 Å². The summed E-state index contributed by atoms with van der Waals surface area (Å²) in [6.07, 6.45) is 3.83. The summed E-state index contributed by atoms with van der Waals surface area (Å²) < 4.78 is 1.82. The summed E-state index contributed by atoms with van der Waals surface area (Å²) in [4.78, 5) is 1.11. The molecule has 0 unspecified atom stereocenters. The number of hydrogen-bond donors (Lipinski definition) is 1. The summed E-state index contributed by atoms with van der Waals surface area (Å²) in [5.41, 5.74) is 2.83. The van der Waals surface area contributed by atoms with E-state index in [9.17, 15) is 5.11 Å². The zero-order valence-corrected chi connectivity index (χ0v) is 17.9. The third-order valence-corrected chi connectivity index (χ3v) is 5.63. The van der Waals surface area contributed by atoms with Crippen LogP contribution in [0.15, 0.2) is 72.4 Å². The molecule has 2 heterocycles. The smallest absolute Gasteiger partial charge is 0.238 e. The Morgan fingerprint density at radius 1 is 1.04 bits per heavy atom. The first kappa shape index (κ1) is 20.2. The Morgan fingerprint density at radius 2 is 1.71 bits per heavy atom. The lowest BCUT2D eigenvalue weighted by Gasteiger charge is -2.19. The monoisotopic (exact) mass is 408 g/mol. The molecule has 1 aromatic carbocycles. The number of aromatic nitrogens is 1. The van der Waals surface area contributed by atoms with Crippen molar-refractivity contribution in [1.29, 1.82) is 0 Å². The molecule has 2 aromatic heterocycles. The summed E-state index contributed by atoms with van der Waals surface area (Å²) in [6, 6.07) is 17.8. The van der Waals surface area contributed by atoms with Crippen molar-refractivity contribution in [1.82, 2.24) is 5.32 Å². The molecule has 0 saturated heterocycles. The summed E-state index contributed by atoms with van der Waals surface area (Å²) in [5, 5.41) is 18.3. The molecule has 1 N–H and O–H groups in total.